The summed E-state index contributed by atoms with van der Waals surface area (Å²) in [4.78, 5) is 13.7. The van der Waals surface area contributed by atoms with Gasteiger partial charge in [-0.25, -0.2) is 0 Å². The van der Waals surface area contributed by atoms with Gasteiger partial charge in [-0.05, 0) is 32.6 Å². The number of Topliss-reactive ketones (excluding diaryl/α,β-unsaturated/α-hetero) is 1. The molecule has 0 unspecified atom stereocenters. The molecule has 0 atom stereocenters. The van der Waals surface area contributed by atoms with Crippen molar-refractivity contribution in [3.05, 3.63) is 23.8 Å². The summed E-state index contributed by atoms with van der Waals surface area (Å²) in [6.07, 6.45) is 1.23. The predicted molar refractivity (Wildman–Crippen MR) is 78.6 cm³/mol. The lowest BCUT2D eigenvalue weighted by Gasteiger charge is -2.12. The van der Waals surface area contributed by atoms with E-state index in [1.807, 2.05) is 25.9 Å². The Hall–Kier alpha value is -1.26. The highest BCUT2D eigenvalue weighted by Crippen LogP contribution is 2.25. The number of carbonyl (C=O) groups excluding carboxylic acids is 1. The van der Waals surface area contributed by atoms with E-state index in [0.717, 1.165) is 13.0 Å². The van der Waals surface area contributed by atoms with Crippen molar-refractivity contribution in [1.29, 1.82) is 0 Å². The zero-order chi connectivity index (χ0) is 13.5. The number of phenols is 1. The van der Waals surface area contributed by atoms with Crippen LogP contribution in [0.5, 0.6) is 11.5 Å². The summed E-state index contributed by atoms with van der Waals surface area (Å²) in [7, 11) is 3.93. The van der Waals surface area contributed by atoms with Gasteiger partial charge in [-0.3, -0.25) is 4.79 Å². The molecule has 0 aliphatic rings. The summed E-state index contributed by atoms with van der Waals surface area (Å²) >= 11 is 0. The van der Waals surface area contributed by atoms with Crippen LogP contribution in [0.2, 0.25) is 0 Å². The minimum absolute atomic E-state index is 0. The maximum absolute atomic E-state index is 11.7. The van der Waals surface area contributed by atoms with Gasteiger partial charge in [0.1, 0.15) is 18.1 Å². The van der Waals surface area contributed by atoms with E-state index >= 15 is 0 Å². The van der Waals surface area contributed by atoms with Gasteiger partial charge in [0.15, 0.2) is 5.78 Å². The molecule has 19 heavy (non-hydrogen) atoms. The summed E-state index contributed by atoms with van der Waals surface area (Å²) in [5.74, 6) is 0.549. The van der Waals surface area contributed by atoms with Crippen LogP contribution in [0.3, 0.4) is 0 Å². The summed E-state index contributed by atoms with van der Waals surface area (Å²) in [5, 5.41) is 9.79. The zero-order valence-electron chi connectivity index (χ0n) is 11.7. The fourth-order valence-corrected chi connectivity index (χ4v) is 1.54. The molecule has 0 aliphatic heterocycles. The highest BCUT2D eigenvalue weighted by Gasteiger charge is 2.11. The monoisotopic (exact) mass is 287 g/mol. The van der Waals surface area contributed by atoms with Crippen molar-refractivity contribution < 1.29 is 14.6 Å². The molecule has 0 radical (unpaired) electrons. The van der Waals surface area contributed by atoms with Gasteiger partial charge in [0.25, 0.3) is 0 Å². The lowest BCUT2D eigenvalue weighted by molar-refractivity contribution is 0.0979. The Morgan fingerprint density at radius 1 is 1.37 bits per heavy atom. The Kier molecular flexibility index (Phi) is 8.19. The molecule has 0 heterocycles. The van der Waals surface area contributed by atoms with Gasteiger partial charge in [0.05, 0.1) is 5.56 Å². The molecule has 0 saturated carbocycles. The number of hydrogen-bond acceptors (Lipinski definition) is 4. The van der Waals surface area contributed by atoms with Crippen molar-refractivity contribution in [2.24, 2.45) is 0 Å². The number of ketones is 1. The Bertz CT molecular complexity index is 408. The molecule has 0 saturated heterocycles. The van der Waals surface area contributed by atoms with Crippen LogP contribution >= 0.6 is 12.4 Å². The second kappa shape index (κ2) is 8.77. The summed E-state index contributed by atoms with van der Waals surface area (Å²) in [6, 6.07) is 4.84. The number of hydrogen-bond donors (Lipinski definition) is 1. The molecule has 0 aromatic heterocycles. The number of carbonyl (C=O) groups is 1. The summed E-state index contributed by atoms with van der Waals surface area (Å²) in [5.41, 5.74) is 0.372. The topological polar surface area (TPSA) is 49.8 Å². The first-order valence-corrected chi connectivity index (χ1v) is 6.18. The number of aromatic hydroxyl groups is 1. The van der Waals surface area contributed by atoms with Crippen LogP contribution in [0, 0.1) is 0 Å². The Morgan fingerprint density at radius 3 is 2.58 bits per heavy atom. The number of halogens is 1. The van der Waals surface area contributed by atoms with Crippen molar-refractivity contribution in [3.63, 3.8) is 0 Å². The van der Waals surface area contributed by atoms with E-state index in [0.29, 0.717) is 24.3 Å². The third kappa shape index (κ3) is 5.94. The molecule has 1 aromatic rings. The van der Waals surface area contributed by atoms with Crippen LogP contribution < -0.4 is 4.74 Å². The van der Waals surface area contributed by atoms with Crippen LogP contribution in [0.25, 0.3) is 0 Å². The predicted octanol–water partition coefficient (Wildman–Crippen LogP) is 2.74. The van der Waals surface area contributed by atoms with Gasteiger partial charge in [-0.15, -0.1) is 12.4 Å². The molecule has 0 aliphatic carbocycles. The SMILES string of the molecule is CCCC(=O)c1ccc(OCCN(C)C)cc1O.Cl. The van der Waals surface area contributed by atoms with Gasteiger partial charge in [0.2, 0.25) is 0 Å². The number of rotatable bonds is 7. The number of phenolic OH excluding ortho intramolecular Hbond substituents is 1. The second-order valence-electron chi connectivity index (χ2n) is 4.50. The molecule has 0 spiro atoms. The summed E-state index contributed by atoms with van der Waals surface area (Å²) in [6.45, 7) is 3.29. The standard InChI is InChI=1S/C14H21NO3.ClH/c1-4-5-13(16)12-7-6-11(10-14(12)17)18-9-8-15(2)3;/h6-7,10,17H,4-5,8-9H2,1-3H3;1H. The second-order valence-corrected chi connectivity index (χ2v) is 4.50. The Balaban J connectivity index is 0.00000324. The first kappa shape index (κ1) is 17.7. The van der Waals surface area contributed by atoms with Crippen molar-refractivity contribution in [2.45, 2.75) is 19.8 Å². The van der Waals surface area contributed by atoms with Gasteiger partial charge >= 0.3 is 0 Å². The number of nitrogens with zero attached hydrogens (tertiary/aromatic N) is 1. The van der Waals surface area contributed by atoms with Crippen molar-refractivity contribution >= 4 is 18.2 Å². The molecular formula is C14H22ClNO3. The van der Waals surface area contributed by atoms with E-state index in [-0.39, 0.29) is 23.9 Å². The van der Waals surface area contributed by atoms with Crippen LogP contribution in [0.15, 0.2) is 18.2 Å². The molecule has 0 bridgehead atoms. The minimum Gasteiger partial charge on any atom is -0.507 e. The van der Waals surface area contributed by atoms with Crippen molar-refractivity contribution in [1.82, 2.24) is 4.90 Å². The third-order valence-corrected chi connectivity index (χ3v) is 2.55. The Labute approximate surface area is 120 Å². The van der Waals surface area contributed by atoms with Gasteiger partial charge in [-0.1, -0.05) is 6.92 Å². The summed E-state index contributed by atoms with van der Waals surface area (Å²) < 4.78 is 5.48. The largest absolute Gasteiger partial charge is 0.507 e. The number of ether oxygens (including phenoxy) is 1. The van der Waals surface area contributed by atoms with Gasteiger partial charge in [-0.2, -0.15) is 0 Å². The molecular weight excluding hydrogens is 266 g/mol. The third-order valence-electron chi connectivity index (χ3n) is 2.55. The Morgan fingerprint density at radius 2 is 2.05 bits per heavy atom. The average molecular weight is 288 g/mol. The van der Waals surface area contributed by atoms with E-state index in [1.54, 1.807) is 12.1 Å². The smallest absolute Gasteiger partial charge is 0.166 e. The minimum atomic E-state index is -0.0326. The molecule has 0 amide bonds. The van der Waals surface area contributed by atoms with E-state index < -0.39 is 0 Å². The lowest BCUT2D eigenvalue weighted by atomic mass is 10.1. The highest BCUT2D eigenvalue weighted by atomic mass is 35.5. The maximum atomic E-state index is 11.7. The van der Waals surface area contributed by atoms with Gasteiger partial charge < -0.3 is 14.7 Å². The van der Waals surface area contributed by atoms with Crippen LogP contribution in [-0.4, -0.2) is 43.0 Å². The zero-order valence-corrected chi connectivity index (χ0v) is 12.5. The van der Waals surface area contributed by atoms with Crippen LogP contribution in [0.4, 0.5) is 0 Å². The van der Waals surface area contributed by atoms with Gasteiger partial charge in [0, 0.05) is 19.0 Å². The normalized spacial score (nSPS) is 10.1. The van der Waals surface area contributed by atoms with E-state index in [4.69, 9.17) is 4.74 Å². The molecule has 1 aromatic carbocycles. The van der Waals surface area contributed by atoms with Crippen molar-refractivity contribution in [3.8, 4) is 11.5 Å². The van der Waals surface area contributed by atoms with E-state index in [2.05, 4.69) is 0 Å². The van der Waals surface area contributed by atoms with E-state index in [1.165, 1.54) is 6.07 Å². The fourth-order valence-electron chi connectivity index (χ4n) is 1.54. The fraction of sp³-hybridized carbons (Fsp3) is 0.500. The quantitative estimate of drug-likeness (QED) is 0.784. The lowest BCUT2D eigenvalue weighted by Crippen LogP contribution is -2.19. The van der Waals surface area contributed by atoms with Crippen LogP contribution in [0.1, 0.15) is 30.1 Å². The average Bonchev–Trinajstić information content (AvgIpc) is 2.28. The molecule has 0 fully saturated rings. The first-order valence-electron chi connectivity index (χ1n) is 6.18. The van der Waals surface area contributed by atoms with Crippen LogP contribution in [-0.2, 0) is 0 Å². The molecule has 108 valence electrons. The first-order chi connectivity index (χ1) is 8.54. The molecule has 1 N–H and O–H groups in total. The molecule has 5 heteroatoms. The molecule has 4 nitrogen and oxygen atoms in total. The molecule has 1 rings (SSSR count). The highest BCUT2D eigenvalue weighted by molar-refractivity contribution is 5.98. The van der Waals surface area contributed by atoms with Crippen molar-refractivity contribution in [2.75, 3.05) is 27.2 Å². The number of benzene rings is 1. The number of likely N-dealkylation sites (N-methyl/N-ethyl adjacent to an activating group) is 1. The van der Waals surface area contributed by atoms with E-state index in [9.17, 15) is 9.90 Å². The maximum Gasteiger partial charge on any atom is 0.166 e.